The van der Waals surface area contributed by atoms with Crippen LogP contribution in [0.1, 0.15) is 43.4 Å². The van der Waals surface area contributed by atoms with Gasteiger partial charge in [0.05, 0.1) is 0 Å². The highest BCUT2D eigenvalue weighted by Crippen LogP contribution is 2.38. The summed E-state index contributed by atoms with van der Waals surface area (Å²) in [5, 5.41) is 13.4. The number of rotatable bonds is 8. The maximum atomic E-state index is 12.2. The number of thiophene rings is 1. The zero-order valence-electron chi connectivity index (χ0n) is 19.7. The number of benzene rings is 3. The molecule has 0 radical (unpaired) electrons. The van der Waals surface area contributed by atoms with E-state index in [-0.39, 0.29) is 6.42 Å². The van der Waals surface area contributed by atoms with Crippen LogP contribution in [0.15, 0.2) is 72.1 Å². The Morgan fingerprint density at radius 1 is 1.06 bits per heavy atom. The second-order valence-corrected chi connectivity index (χ2v) is 9.37. The molecule has 4 heteroatoms. The van der Waals surface area contributed by atoms with Crippen molar-refractivity contribution in [2.45, 2.75) is 45.6 Å². The lowest BCUT2D eigenvalue weighted by molar-refractivity contribution is -0.143. The van der Waals surface area contributed by atoms with E-state index in [1.807, 2.05) is 37.3 Å². The molecular formula is C30H28O3S. The van der Waals surface area contributed by atoms with Crippen molar-refractivity contribution in [3.05, 3.63) is 88.8 Å². The molecule has 1 unspecified atom stereocenters. The Kier molecular flexibility index (Phi) is 7.05. The van der Waals surface area contributed by atoms with Crippen LogP contribution >= 0.6 is 11.3 Å². The van der Waals surface area contributed by atoms with Gasteiger partial charge < -0.3 is 9.84 Å². The van der Waals surface area contributed by atoms with Crippen LogP contribution in [-0.2, 0) is 16.8 Å². The number of fused-ring (bicyclic) bond motifs is 1. The van der Waals surface area contributed by atoms with E-state index in [0.29, 0.717) is 13.0 Å². The van der Waals surface area contributed by atoms with Crippen LogP contribution in [0.5, 0.6) is 5.75 Å². The Bertz CT molecular complexity index is 1390. The lowest BCUT2D eigenvalue weighted by atomic mass is 9.75. The van der Waals surface area contributed by atoms with Crippen molar-refractivity contribution in [1.82, 2.24) is 0 Å². The molecule has 1 atom stereocenters. The van der Waals surface area contributed by atoms with Crippen LogP contribution in [0.25, 0.3) is 21.2 Å². The lowest BCUT2D eigenvalue weighted by Crippen LogP contribution is -2.35. The van der Waals surface area contributed by atoms with Gasteiger partial charge in [-0.3, -0.25) is 4.79 Å². The van der Waals surface area contributed by atoms with E-state index in [0.717, 1.165) is 16.9 Å². The second-order valence-electron chi connectivity index (χ2n) is 8.46. The molecule has 0 bridgehead atoms. The molecule has 0 aliphatic rings. The van der Waals surface area contributed by atoms with E-state index < -0.39 is 11.4 Å². The molecule has 34 heavy (non-hydrogen) atoms. The van der Waals surface area contributed by atoms with Crippen LogP contribution in [0.3, 0.4) is 0 Å². The van der Waals surface area contributed by atoms with Gasteiger partial charge in [0.25, 0.3) is 0 Å². The van der Waals surface area contributed by atoms with Crippen molar-refractivity contribution in [2.24, 2.45) is 0 Å². The number of aryl methyl sites for hydroxylation is 1. The summed E-state index contributed by atoms with van der Waals surface area (Å²) in [5.41, 5.74) is 4.38. The average molecular weight is 469 g/mol. The highest BCUT2D eigenvalue weighted by atomic mass is 32.1. The first-order valence-electron chi connectivity index (χ1n) is 11.4. The monoisotopic (exact) mass is 468 g/mol. The quantitative estimate of drug-likeness (QED) is 0.271. The Hall–Kier alpha value is -3.55. The van der Waals surface area contributed by atoms with Crippen molar-refractivity contribution < 1.29 is 14.6 Å². The van der Waals surface area contributed by atoms with Crippen molar-refractivity contribution >= 4 is 27.4 Å². The van der Waals surface area contributed by atoms with Gasteiger partial charge in [0, 0.05) is 22.1 Å². The number of ether oxygens (including phenoxy) is 1. The summed E-state index contributed by atoms with van der Waals surface area (Å²) < 4.78 is 7.38. The molecule has 1 heterocycles. The summed E-state index contributed by atoms with van der Waals surface area (Å²) in [5.74, 6) is 5.76. The maximum absolute atomic E-state index is 12.2. The molecule has 4 aromatic rings. The summed E-state index contributed by atoms with van der Waals surface area (Å²) in [4.78, 5) is 12.2. The first kappa shape index (κ1) is 23.6. The van der Waals surface area contributed by atoms with E-state index in [1.165, 1.54) is 26.8 Å². The number of hydrogen-bond donors (Lipinski definition) is 1. The Morgan fingerprint density at radius 3 is 2.62 bits per heavy atom. The van der Waals surface area contributed by atoms with Crippen molar-refractivity contribution in [3.63, 3.8) is 0 Å². The molecule has 3 aromatic carbocycles. The lowest BCUT2D eigenvalue weighted by Gasteiger charge is -2.27. The molecule has 4 rings (SSSR count). The third kappa shape index (κ3) is 4.58. The molecule has 0 saturated heterocycles. The SMILES string of the molecule is CC#CCC(CC)(C(=O)O)c1cccc(COc2ccc3scc(-c4ccccc4C)c3c2)c1. The average Bonchev–Trinajstić information content (AvgIpc) is 3.27. The molecule has 0 aliphatic carbocycles. The van der Waals surface area contributed by atoms with E-state index in [4.69, 9.17) is 4.74 Å². The van der Waals surface area contributed by atoms with Gasteiger partial charge in [-0.05, 0) is 66.1 Å². The van der Waals surface area contributed by atoms with E-state index in [2.05, 4.69) is 60.5 Å². The van der Waals surface area contributed by atoms with Gasteiger partial charge in [-0.15, -0.1) is 23.2 Å². The van der Waals surface area contributed by atoms with Crippen molar-refractivity contribution in [1.29, 1.82) is 0 Å². The van der Waals surface area contributed by atoms with Gasteiger partial charge in [0.15, 0.2) is 0 Å². The molecule has 0 fully saturated rings. The zero-order chi connectivity index (χ0) is 24.1. The third-order valence-corrected chi connectivity index (χ3v) is 7.41. The Balaban J connectivity index is 1.60. The summed E-state index contributed by atoms with van der Waals surface area (Å²) in [6.07, 6.45) is 0.758. The largest absolute Gasteiger partial charge is 0.489 e. The number of carboxylic acid groups (broad SMARTS) is 1. The first-order valence-corrected chi connectivity index (χ1v) is 12.3. The van der Waals surface area contributed by atoms with Crippen molar-refractivity contribution in [3.8, 4) is 28.7 Å². The minimum Gasteiger partial charge on any atom is -0.489 e. The topological polar surface area (TPSA) is 46.5 Å². The van der Waals surface area contributed by atoms with Gasteiger partial charge in [0.1, 0.15) is 17.8 Å². The summed E-state index contributed by atoms with van der Waals surface area (Å²) in [6, 6.07) is 22.3. The van der Waals surface area contributed by atoms with Gasteiger partial charge in [-0.1, -0.05) is 55.5 Å². The molecule has 0 amide bonds. The summed E-state index contributed by atoms with van der Waals surface area (Å²) >= 11 is 1.73. The van der Waals surface area contributed by atoms with Crippen LogP contribution in [-0.4, -0.2) is 11.1 Å². The van der Waals surface area contributed by atoms with Crippen LogP contribution < -0.4 is 4.74 Å². The highest BCUT2D eigenvalue weighted by molar-refractivity contribution is 7.17. The predicted molar refractivity (Wildman–Crippen MR) is 140 cm³/mol. The van der Waals surface area contributed by atoms with Gasteiger partial charge in [-0.25, -0.2) is 0 Å². The van der Waals surface area contributed by atoms with E-state index in [9.17, 15) is 9.90 Å². The predicted octanol–water partition coefficient (Wildman–Crippen LogP) is 7.60. The fourth-order valence-corrected chi connectivity index (χ4v) is 5.27. The molecule has 1 N–H and O–H groups in total. The van der Waals surface area contributed by atoms with Gasteiger partial charge in [-0.2, -0.15) is 0 Å². The number of carboxylic acids is 1. The first-order chi connectivity index (χ1) is 16.5. The second kappa shape index (κ2) is 10.2. The van der Waals surface area contributed by atoms with Crippen LogP contribution in [0, 0.1) is 18.8 Å². The third-order valence-electron chi connectivity index (χ3n) is 6.45. The smallest absolute Gasteiger partial charge is 0.315 e. The molecule has 172 valence electrons. The fourth-order valence-electron chi connectivity index (χ4n) is 4.33. The Labute approximate surface area is 205 Å². The molecule has 1 aromatic heterocycles. The molecule has 0 aliphatic heterocycles. The number of carbonyl (C=O) groups is 1. The van der Waals surface area contributed by atoms with Crippen LogP contribution in [0.2, 0.25) is 0 Å². The summed E-state index contributed by atoms with van der Waals surface area (Å²) in [6.45, 7) is 6.13. The van der Waals surface area contributed by atoms with Gasteiger partial charge >= 0.3 is 5.97 Å². The fraction of sp³-hybridized carbons (Fsp3) is 0.233. The number of aliphatic carboxylic acids is 1. The zero-order valence-corrected chi connectivity index (χ0v) is 20.5. The van der Waals surface area contributed by atoms with Crippen LogP contribution in [0.4, 0.5) is 0 Å². The van der Waals surface area contributed by atoms with Crippen molar-refractivity contribution in [2.75, 3.05) is 0 Å². The summed E-state index contributed by atoms with van der Waals surface area (Å²) in [7, 11) is 0. The van der Waals surface area contributed by atoms with E-state index >= 15 is 0 Å². The molecule has 0 spiro atoms. The minimum absolute atomic E-state index is 0.288. The van der Waals surface area contributed by atoms with Gasteiger partial charge in [0.2, 0.25) is 0 Å². The standard InChI is InChI=1S/C30H28O3S/c1-4-6-16-30(5-2,29(31)32)23-12-9-11-22(17-23)19-33-24-14-15-28-26(18-24)27(20-34-28)25-13-8-7-10-21(25)3/h7-15,17-18,20H,5,16,19H2,1-3H3,(H,31,32). The minimum atomic E-state index is -1.02. The molecular weight excluding hydrogens is 440 g/mol. The Morgan fingerprint density at radius 2 is 1.88 bits per heavy atom. The number of hydrogen-bond acceptors (Lipinski definition) is 3. The maximum Gasteiger partial charge on any atom is 0.315 e. The highest BCUT2D eigenvalue weighted by Gasteiger charge is 2.38. The molecule has 3 nitrogen and oxygen atoms in total. The normalized spacial score (nSPS) is 12.6. The van der Waals surface area contributed by atoms with E-state index in [1.54, 1.807) is 18.3 Å². The molecule has 0 saturated carbocycles.